The molecule has 2 atom stereocenters. The first-order valence-corrected chi connectivity index (χ1v) is 5.37. The van der Waals surface area contributed by atoms with Gasteiger partial charge >= 0.3 is 6.03 Å². The second-order valence-corrected chi connectivity index (χ2v) is 4.35. The smallest absolute Gasteiger partial charge is 0.332 e. The van der Waals surface area contributed by atoms with Crippen molar-refractivity contribution in [3.63, 3.8) is 0 Å². The Kier molecular flexibility index (Phi) is 2.70. The highest BCUT2D eigenvalue weighted by molar-refractivity contribution is 5.88. The van der Waals surface area contributed by atoms with E-state index in [1.807, 2.05) is 0 Å². The summed E-state index contributed by atoms with van der Waals surface area (Å²) < 4.78 is 0. The second-order valence-electron chi connectivity index (χ2n) is 4.35. The highest BCUT2D eigenvalue weighted by atomic mass is 16.2. The van der Waals surface area contributed by atoms with E-state index in [4.69, 9.17) is 5.73 Å². The molecule has 2 bridgehead atoms. The topological polar surface area (TPSA) is 67.5 Å². The van der Waals surface area contributed by atoms with Gasteiger partial charge in [0.15, 0.2) is 0 Å². The van der Waals surface area contributed by atoms with Crippen LogP contribution in [0.1, 0.15) is 38.5 Å². The van der Waals surface area contributed by atoms with Gasteiger partial charge in [0.05, 0.1) is 0 Å². The fourth-order valence-corrected chi connectivity index (χ4v) is 2.69. The van der Waals surface area contributed by atoms with Crippen LogP contribution in [-0.2, 0) is 0 Å². The van der Waals surface area contributed by atoms with Crippen molar-refractivity contribution in [3.8, 4) is 0 Å². The molecule has 14 heavy (non-hydrogen) atoms. The summed E-state index contributed by atoms with van der Waals surface area (Å²) in [5.41, 5.74) is 8.48. The molecule has 2 aliphatic rings. The van der Waals surface area contributed by atoms with Crippen molar-refractivity contribution in [2.75, 3.05) is 0 Å². The number of urea groups is 1. The van der Waals surface area contributed by atoms with Crippen LogP contribution in [0.2, 0.25) is 0 Å². The molecule has 2 aliphatic carbocycles. The largest absolute Gasteiger partial charge is 0.350 e. The van der Waals surface area contributed by atoms with Gasteiger partial charge in [0.2, 0.25) is 0 Å². The molecule has 3 N–H and O–H groups in total. The lowest BCUT2D eigenvalue weighted by atomic mass is 9.71. The molecule has 0 aliphatic heterocycles. The third-order valence-corrected chi connectivity index (χ3v) is 3.37. The minimum Gasteiger partial charge on any atom is -0.350 e. The van der Waals surface area contributed by atoms with Gasteiger partial charge in [-0.25, -0.2) is 10.2 Å². The number of hydrazone groups is 1. The predicted octanol–water partition coefficient (Wildman–Crippen LogP) is 1.61. The highest BCUT2D eigenvalue weighted by Gasteiger charge is 2.30. The van der Waals surface area contributed by atoms with Crippen LogP contribution in [-0.4, -0.2) is 11.7 Å². The summed E-state index contributed by atoms with van der Waals surface area (Å²) in [6.07, 6.45) is 7.46. The van der Waals surface area contributed by atoms with Crippen molar-refractivity contribution in [1.29, 1.82) is 0 Å². The number of nitrogens with zero attached hydrogens (tertiary/aromatic N) is 1. The van der Waals surface area contributed by atoms with Gasteiger partial charge in [-0.2, -0.15) is 5.10 Å². The summed E-state index contributed by atoms with van der Waals surface area (Å²) >= 11 is 0. The Hall–Kier alpha value is -1.06. The molecule has 0 aromatic heterocycles. The van der Waals surface area contributed by atoms with Crippen LogP contribution >= 0.6 is 0 Å². The van der Waals surface area contributed by atoms with E-state index in [0.717, 1.165) is 18.1 Å². The molecule has 0 radical (unpaired) electrons. The Bertz CT molecular complexity index is 262. The molecule has 2 unspecified atom stereocenters. The van der Waals surface area contributed by atoms with Gasteiger partial charge in [-0.15, -0.1) is 0 Å². The standard InChI is InChI=1S/C10H17N3O/c11-10(14)13-12-9-5-4-7-2-1-3-8(9)6-7/h7-8H,1-6H2,(H3,11,13,14). The Morgan fingerprint density at radius 2 is 2.29 bits per heavy atom. The minimum atomic E-state index is -0.560. The third kappa shape index (κ3) is 2.05. The molecule has 2 fully saturated rings. The number of nitrogens with one attached hydrogen (secondary N) is 1. The zero-order valence-corrected chi connectivity index (χ0v) is 8.33. The summed E-state index contributed by atoms with van der Waals surface area (Å²) in [4.78, 5) is 10.5. The molecule has 2 saturated carbocycles. The van der Waals surface area contributed by atoms with E-state index in [0.29, 0.717) is 5.92 Å². The van der Waals surface area contributed by atoms with E-state index in [-0.39, 0.29) is 0 Å². The summed E-state index contributed by atoms with van der Waals surface area (Å²) in [5.74, 6) is 1.51. The maximum atomic E-state index is 10.5. The van der Waals surface area contributed by atoms with Crippen LogP contribution < -0.4 is 11.2 Å². The number of hydrogen-bond donors (Lipinski definition) is 2. The minimum absolute atomic E-state index is 0.560. The number of hydrogen-bond acceptors (Lipinski definition) is 2. The molecule has 0 heterocycles. The van der Waals surface area contributed by atoms with Crippen LogP contribution in [0.5, 0.6) is 0 Å². The zero-order valence-electron chi connectivity index (χ0n) is 8.33. The average Bonchev–Trinajstić information content (AvgIpc) is 2.17. The number of primary amides is 1. The van der Waals surface area contributed by atoms with Gasteiger partial charge in [-0.05, 0) is 37.5 Å². The number of fused-ring (bicyclic) bond motifs is 2. The molecule has 0 saturated heterocycles. The van der Waals surface area contributed by atoms with Gasteiger partial charge in [-0.3, -0.25) is 0 Å². The number of nitrogens with two attached hydrogens (primary N) is 1. The average molecular weight is 195 g/mol. The summed E-state index contributed by atoms with van der Waals surface area (Å²) in [5, 5.41) is 4.10. The van der Waals surface area contributed by atoms with E-state index in [1.54, 1.807) is 0 Å². The number of carbonyl (C=O) groups excluding carboxylic acids is 1. The molecular formula is C10H17N3O. The second kappa shape index (κ2) is 3.98. The van der Waals surface area contributed by atoms with Crippen molar-refractivity contribution in [3.05, 3.63) is 0 Å². The molecule has 2 amide bonds. The summed E-state index contributed by atoms with van der Waals surface area (Å²) in [6, 6.07) is -0.560. The van der Waals surface area contributed by atoms with E-state index < -0.39 is 6.03 Å². The lowest BCUT2D eigenvalue weighted by Gasteiger charge is -2.35. The van der Waals surface area contributed by atoms with Gasteiger partial charge in [-0.1, -0.05) is 12.8 Å². The van der Waals surface area contributed by atoms with E-state index in [9.17, 15) is 4.79 Å². The van der Waals surface area contributed by atoms with Crippen LogP contribution in [0.25, 0.3) is 0 Å². The number of carbonyl (C=O) groups is 1. The first-order valence-electron chi connectivity index (χ1n) is 5.37. The maximum absolute atomic E-state index is 10.5. The first-order chi connectivity index (χ1) is 6.75. The lowest BCUT2D eigenvalue weighted by molar-refractivity contribution is 0.248. The SMILES string of the molecule is NC(=O)NN=C1CCC2CCCC1C2. The normalized spacial score (nSPS) is 34.1. The van der Waals surface area contributed by atoms with Crippen molar-refractivity contribution < 1.29 is 4.79 Å². The predicted molar refractivity (Wildman–Crippen MR) is 54.8 cm³/mol. The molecular weight excluding hydrogens is 178 g/mol. The van der Waals surface area contributed by atoms with Crippen LogP contribution in [0.15, 0.2) is 5.10 Å². The third-order valence-electron chi connectivity index (χ3n) is 3.37. The maximum Gasteiger partial charge on any atom is 0.332 e. The lowest BCUT2D eigenvalue weighted by Crippen LogP contribution is -2.32. The Morgan fingerprint density at radius 1 is 1.43 bits per heavy atom. The summed E-state index contributed by atoms with van der Waals surface area (Å²) in [7, 11) is 0. The van der Waals surface area contributed by atoms with Crippen molar-refractivity contribution in [2.45, 2.75) is 38.5 Å². The summed E-state index contributed by atoms with van der Waals surface area (Å²) in [6.45, 7) is 0. The van der Waals surface area contributed by atoms with Crippen LogP contribution in [0.3, 0.4) is 0 Å². The van der Waals surface area contributed by atoms with E-state index >= 15 is 0 Å². The quantitative estimate of drug-likeness (QED) is 0.613. The number of amides is 2. The highest BCUT2D eigenvalue weighted by Crippen LogP contribution is 2.38. The Morgan fingerprint density at radius 3 is 3.07 bits per heavy atom. The van der Waals surface area contributed by atoms with Crippen LogP contribution in [0.4, 0.5) is 4.79 Å². The Balaban J connectivity index is 1.98. The van der Waals surface area contributed by atoms with E-state index in [1.165, 1.54) is 32.1 Å². The number of rotatable bonds is 1. The first kappa shape index (κ1) is 9.49. The molecule has 0 aromatic carbocycles. The van der Waals surface area contributed by atoms with Gasteiger partial charge in [0.25, 0.3) is 0 Å². The molecule has 78 valence electrons. The van der Waals surface area contributed by atoms with Crippen molar-refractivity contribution in [2.24, 2.45) is 22.7 Å². The van der Waals surface area contributed by atoms with Crippen LogP contribution in [0, 0.1) is 11.8 Å². The Labute approximate surface area is 83.9 Å². The molecule has 0 aromatic rings. The van der Waals surface area contributed by atoms with Gasteiger partial charge in [0.1, 0.15) is 0 Å². The van der Waals surface area contributed by atoms with Gasteiger partial charge in [0, 0.05) is 5.71 Å². The zero-order chi connectivity index (χ0) is 9.97. The molecule has 2 rings (SSSR count). The molecule has 4 heteroatoms. The molecule has 4 nitrogen and oxygen atoms in total. The van der Waals surface area contributed by atoms with Gasteiger partial charge < -0.3 is 5.73 Å². The fraction of sp³-hybridized carbons (Fsp3) is 0.800. The monoisotopic (exact) mass is 195 g/mol. The molecule has 0 spiro atoms. The van der Waals surface area contributed by atoms with E-state index in [2.05, 4.69) is 10.5 Å². The van der Waals surface area contributed by atoms with Crippen molar-refractivity contribution >= 4 is 11.7 Å². The fourth-order valence-electron chi connectivity index (χ4n) is 2.69. The van der Waals surface area contributed by atoms with Crippen molar-refractivity contribution in [1.82, 2.24) is 5.43 Å².